The largest absolute Gasteiger partial charge is 0.330 e. The van der Waals surface area contributed by atoms with Crippen LogP contribution in [0.15, 0.2) is 0 Å². The Bertz CT molecular complexity index is 262. The van der Waals surface area contributed by atoms with Crippen molar-refractivity contribution in [3.8, 4) is 0 Å². The zero-order valence-electron chi connectivity index (χ0n) is 13.9. The summed E-state index contributed by atoms with van der Waals surface area (Å²) in [5.41, 5.74) is 6.52. The predicted octanol–water partition coefficient (Wildman–Crippen LogP) is 4.94. The molecule has 0 aromatic rings. The molecule has 2 heteroatoms. The molecule has 1 saturated carbocycles. The van der Waals surface area contributed by atoms with E-state index in [1.54, 1.807) is 0 Å². The average molecular weight is 286 g/mol. The lowest BCUT2D eigenvalue weighted by Crippen LogP contribution is -2.38. The van der Waals surface area contributed by atoms with Crippen LogP contribution in [-0.4, -0.2) is 17.0 Å². The van der Waals surface area contributed by atoms with Gasteiger partial charge in [0.1, 0.15) is 0 Å². The zero-order valence-corrected chi connectivity index (χ0v) is 14.7. The van der Waals surface area contributed by atoms with Gasteiger partial charge in [-0.3, -0.25) is 0 Å². The van der Waals surface area contributed by atoms with Gasteiger partial charge in [0.05, 0.1) is 0 Å². The maximum Gasteiger partial charge on any atom is 0.00929 e. The Labute approximate surface area is 125 Å². The molecule has 1 aliphatic rings. The van der Waals surface area contributed by atoms with Crippen molar-refractivity contribution < 1.29 is 0 Å². The minimum atomic E-state index is 0.499. The van der Waals surface area contributed by atoms with Gasteiger partial charge in [0.15, 0.2) is 0 Å². The molecule has 0 spiro atoms. The maximum atomic E-state index is 6.02. The fourth-order valence-electron chi connectivity index (χ4n) is 3.06. The van der Waals surface area contributed by atoms with Crippen molar-refractivity contribution in [3.63, 3.8) is 0 Å². The maximum absolute atomic E-state index is 6.02. The Balaban J connectivity index is 2.68. The van der Waals surface area contributed by atoms with Crippen molar-refractivity contribution >= 4 is 11.8 Å². The standard InChI is InChI=1S/C17H35NS/c1-7-17(5,6)15-9-8-14(11-18)16(10-15)19-13(4)12(2)3/h12-16H,7-11,18H2,1-6H3. The van der Waals surface area contributed by atoms with Crippen LogP contribution in [0.3, 0.4) is 0 Å². The summed E-state index contributed by atoms with van der Waals surface area (Å²) in [5.74, 6) is 2.40. The first kappa shape index (κ1) is 17.4. The van der Waals surface area contributed by atoms with E-state index in [-0.39, 0.29) is 0 Å². The SMILES string of the molecule is CCC(C)(C)C1CCC(CN)C(SC(C)C(C)C)C1. The van der Waals surface area contributed by atoms with E-state index < -0.39 is 0 Å². The van der Waals surface area contributed by atoms with Crippen LogP contribution in [0, 0.1) is 23.2 Å². The Morgan fingerprint density at radius 3 is 2.32 bits per heavy atom. The summed E-state index contributed by atoms with van der Waals surface area (Å²) in [6.07, 6.45) is 5.40. The van der Waals surface area contributed by atoms with Gasteiger partial charge in [-0.2, -0.15) is 11.8 Å². The van der Waals surface area contributed by atoms with Crippen molar-refractivity contribution in [2.24, 2.45) is 28.9 Å². The smallest absolute Gasteiger partial charge is 0.00929 e. The summed E-state index contributed by atoms with van der Waals surface area (Å²) in [6, 6.07) is 0. The number of hydrogen-bond acceptors (Lipinski definition) is 2. The quantitative estimate of drug-likeness (QED) is 0.747. The van der Waals surface area contributed by atoms with Crippen molar-refractivity contribution in [3.05, 3.63) is 0 Å². The molecular formula is C17H35NS. The molecule has 0 aromatic heterocycles. The first-order chi connectivity index (χ1) is 8.81. The molecule has 1 rings (SSSR count). The van der Waals surface area contributed by atoms with Gasteiger partial charge in [-0.05, 0) is 49.0 Å². The van der Waals surface area contributed by atoms with Gasteiger partial charge in [-0.15, -0.1) is 0 Å². The van der Waals surface area contributed by atoms with Crippen molar-refractivity contribution in [1.29, 1.82) is 0 Å². The minimum absolute atomic E-state index is 0.499. The van der Waals surface area contributed by atoms with Gasteiger partial charge >= 0.3 is 0 Å². The van der Waals surface area contributed by atoms with E-state index in [1.807, 2.05) is 0 Å². The first-order valence-electron chi connectivity index (χ1n) is 8.17. The molecule has 0 bridgehead atoms. The number of rotatable bonds is 6. The van der Waals surface area contributed by atoms with Crippen molar-refractivity contribution in [2.75, 3.05) is 6.54 Å². The van der Waals surface area contributed by atoms with Crippen LogP contribution in [-0.2, 0) is 0 Å². The van der Waals surface area contributed by atoms with Gasteiger partial charge in [0.25, 0.3) is 0 Å². The summed E-state index contributed by atoms with van der Waals surface area (Å²) >= 11 is 2.21. The second kappa shape index (κ2) is 7.36. The minimum Gasteiger partial charge on any atom is -0.330 e. The van der Waals surface area contributed by atoms with E-state index in [2.05, 4.69) is 53.3 Å². The third-order valence-corrected chi connectivity index (χ3v) is 7.48. The monoisotopic (exact) mass is 285 g/mol. The van der Waals surface area contributed by atoms with Crippen LogP contribution in [0.4, 0.5) is 0 Å². The van der Waals surface area contributed by atoms with Gasteiger partial charge in [0, 0.05) is 10.5 Å². The van der Waals surface area contributed by atoms with Crippen LogP contribution in [0.1, 0.15) is 67.2 Å². The molecule has 19 heavy (non-hydrogen) atoms. The summed E-state index contributed by atoms with van der Waals surface area (Å²) < 4.78 is 0. The summed E-state index contributed by atoms with van der Waals surface area (Å²) in [5, 5.41) is 1.54. The van der Waals surface area contributed by atoms with E-state index in [0.29, 0.717) is 5.41 Å². The molecule has 0 amide bonds. The van der Waals surface area contributed by atoms with E-state index in [4.69, 9.17) is 5.73 Å². The lowest BCUT2D eigenvalue weighted by Gasteiger charge is -2.43. The van der Waals surface area contributed by atoms with Gasteiger partial charge in [0.2, 0.25) is 0 Å². The highest BCUT2D eigenvalue weighted by Crippen LogP contribution is 2.46. The number of thioether (sulfide) groups is 1. The predicted molar refractivity (Wildman–Crippen MR) is 89.6 cm³/mol. The highest BCUT2D eigenvalue weighted by Gasteiger charge is 2.37. The molecule has 0 aromatic carbocycles. The highest BCUT2D eigenvalue weighted by atomic mass is 32.2. The molecule has 1 nitrogen and oxygen atoms in total. The van der Waals surface area contributed by atoms with Gasteiger partial charge < -0.3 is 5.73 Å². The topological polar surface area (TPSA) is 26.0 Å². The molecule has 0 aliphatic heterocycles. The van der Waals surface area contributed by atoms with E-state index in [9.17, 15) is 0 Å². The summed E-state index contributed by atoms with van der Waals surface area (Å²) in [6.45, 7) is 15.2. The fourth-order valence-corrected chi connectivity index (χ4v) is 4.74. The molecule has 0 heterocycles. The molecule has 114 valence electrons. The lowest BCUT2D eigenvalue weighted by molar-refractivity contribution is 0.134. The molecular weight excluding hydrogens is 250 g/mol. The zero-order chi connectivity index (χ0) is 14.6. The van der Waals surface area contributed by atoms with E-state index >= 15 is 0 Å². The molecule has 2 N–H and O–H groups in total. The Morgan fingerprint density at radius 2 is 1.84 bits per heavy atom. The second-order valence-corrected chi connectivity index (χ2v) is 9.09. The van der Waals surface area contributed by atoms with Crippen LogP contribution < -0.4 is 5.73 Å². The van der Waals surface area contributed by atoms with Crippen molar-refractivity contribution in [2.45, 2.75) is 77.7 Å². The number of nitrogens with two attached hydrogens (primary N) is 1. The Morgan fingerprint density at radius 1 is 1.21 bits per heavy atom. The average Bonchev–Trinajstić information content (AvgIpc) is 2.38. The van der Waals surface area contributed by atoms with Crippen molar-refractivity contribution in [1.82, 2.24) is 0 Å². The number of hydrogen-bond donors (Lipinski definition) is 1. The van der Waals surface area contributed by atoms with E-state index in [1.165, 1.54) is 25.7 Å². The van der Waals surface area contributed by atoms with Gasteiger partial charge in [-0.25, -0.2) is 0 Å². The Hall–Kier alpha value is 0.310. The summed E-state index contributed by atoms with van der Waals surface area (Å²) in [4.78, 5) is 0. The van der Waals surface area contributed by atoms with Crippen LogP contribution in [0.2, 0.25) is 0 Å². The van der Waals surface area contributed by atoms with Crippen LogP contribution in [0.5, 0.6) is 0 Å². The fraction of sp³-hybridized carbons (Fsp3) is 1.00. The normalized spacial score (nSPS) is 30.6. The second-order valence-electron chi connectivity index (χ2n) is 7.47. The Kier molecular flexibility index (Phi) is 6.72. The summed E-state index contributed by atoms with van der Waals surface area (Å²) in [7, 11) is 0. The van der Waals surface area contributed by atoms with Crippen LogP contribution in [0.25, 0.3) is 0 Å². The highest BCUT2D eigenvalue weighted by molar-refractivity contribution is 8.00. The van der Waals surface area contributed by atoms with Crippen LogP contribution >= 0.6 is 11.8 Å². The third kappa shape index (κ3) is 4.67. The molecule has 4 unspecified atom stereocenters. The molecule has 1 aliphatic carbocycles. The third-order valence-electron chi connectivity index (χ3n) is 5.58. The molecule has 0 saturated heterocycles. The van der Waals surface area contributed by atoms with E-state index in [0.717, 1.165) is 34.8 Å². The molecule has 0 radical (unpaired) electrons. The molecule has 4 atom stereocenters. The lowest BCUT2D eigenvalue weighted by atomic mass is 9.67. The van der Waals surface area contributed by atoms with Gasteiger partial charge in [-0.1, -0.05) is 48.0 Å². The molecule has 1 fully saturated rings. The first-order valence-corrected chi connectivity index (χ1v) is 9.11.